The van der Waals surface area contributed by atoms with Gasteiger partial charge in [0.15, 0.2) is 5.78 Å². The second kappa shape index (κ2) is 6.30. The van der Waals surface area contributed by atoms with Crippen molar-refractivity contribution >= 4 is 11.6 Å². The fourth-order valence-electron chi connectivity index (χ4n) is 3.31. The van der Waals surface area contributed by atoms with Crippen molar-refractivity contribution in [3.05, 3.63) is 82.0 Å². The molecule has 0 amide bonds. The van der Waals surface area contributed by atoms with Crippen LogP contribution in [-0.4, -0.2) is 21.8 Å². The lowest BCUT2D eigenvalue weighted by Gasteiger charge is -2.22. The zero-order chi connectivity index (χ0) is 19.2. The van der Waals surface area contributed by atoms with Gasteiger partial charge >= 0.3 is 0 Å². The lowest BCUT2D eigenvalue weighted by atomic mass is 9.80. The quantitative estimate of drug-likeness (QED) is 0.696. The van der Waals surface area contributed by atoms with E-state index in [2.05, 4.69) is 13.2 Å². The highest BCUT2D eigenvalue weighted by Gasteiger charge is 2.35. The van der Waals surface area contributed by atoms with Gasteiger partial charge in [0.2, 0.25) is 5.78 Å². The number of carbonyl (C=O) groups is 2. The summed E-state index contributed by atoms with van der Waals surface area (Å²) in [6.07, 6.45) is 0.796. The molecule has 0 aliphatic heterocycles. The first kappa shape index (κ1) is 17.7. The van der Waals surface area contributed by atoms with Crippen molar-refractivity contribution in [3.63, 3.8) is 0 Å². The van der Waals surface area contributed by atoms with E-state index in [0.717, 1.165) is 11.1 Å². The van der Waals surface area contributed by atoms with Crippen LogP contribution in [-0.2, 0) is 12.8 Å². The van der Waals surface area contributed by atoms with Crippen molar-refractivity contribution in [1.82, 2.24) is 0 Å². The molecule has 0 unspecified atom stereocenters. The number of fused-ring (bicyclic) bond motifs is 2. The average molecular weight is 348 g/mol. The number of benzene rings is 2. The van der Waals surface area contributed by atoms with Crippen molar-refractivity contribution in [2.24, 2.45) is 0 Å². The zero-order valence-corrected chi connectivity index (χ0v) is 14.8. The van der Waals surface area contributed by atoms with Crippen molar-refractivity contribution < 1.29 is 19.8 Å². The number of carbonyl (C=O) groups excluding carboxylic acids is 2. The van der Waals surface area contributed by atoms with Crippen molar-refractivity contribution in [3.8, 4) is 11.5 Å². The summed E-state index contributed by atoms with van der Waals surface area (Å²) in [5, 5.41) is 21.2. The summed E-state index contributed by atoms with van der Waals surface area (Å²) in [6, 6.07) is 6.37. The molecule has 2 N–H and O–H groups in total. The van der Waals surface area contributed by atoms with Gasteiger partial charge in [-0.25, -0.2) is 0 Å². The number of hydrogen-bond donors (Lipinski definition) is 2. The van der Waals surface area contributed by atoms with Gasteiger partial charge in [-0.2, -0.15) is 0 Å². The molecule has 132 valence electrons. The predicted octanol–water partition coefficient (Wildman–Crippen LogP) is 4.11. The number of rotatable bonds is 4. The monoisotopic (exact) mass is 348 g/mol. The smallest absolute Gasteiger partial charge is 0.201 e. The average Bonchev–Trinajstić information content (AvgIpc) is 2.55. The number of ketones is 2. The summed E-state index contributed by atoms with van der Waals surface area (Å²) >= 11 is 0. The first-order valence-electron chi connectivity index (χ1n) is 8.30. The van der Waals surface area contributed by atoms with Gasteiger partial charge in [0, 0.05) is 11.1 Å². The summed E-state index contributed by atoms with van der Waals surface area (Å²) in [4.78, 5) is 25.9. The molecule has 4 nitrogen and oxygen atoms in total. The van der Waals surface area contributed by atoms with Crippen molar-refractivity contribution in [2.75, 3.05) is 0 Å². The molecule has 0 fully saturated rings. The minimum Gasteiger partial charge on any atom is -0.507 e. The highest BCUT2D eigenvalue weighted by molar-refractivity contribution is 6.30. The van der Waals surface area contributed by atoms with Gasteiger partial charge in [-0.15, -0.1) is 0 Å². The van der Waals surface area contributed by atoms with Gasteiger partial charge in [-0.05, 0) is 49.9 Å². The maximum atomic E-state index is 13.1. The molecule has 1 aliphatic carbocycles. The van der Waals surface area contributed by atoms with Crippen LogP contribution in [0.5, 0.6) is 11.5 Å². The van der Waals surface area contributed by atoms with Crippen LogP contribution in [0.25, 0.3) is 0 Å². The first-order chi connectivity index (χ1) is 12.2. The Balaban J connectivity index is 2.22. The van der Waals surface area contributed by atoms with E-state index in [0.29, 0.717) is 24.0 Å². The van der Waals surface area contributed by atoms with Gasteiger partial charge in [-0.3, -0.25) is 9.59 Å². The molecule has 0 atom stereocenters. The van der Waals surface area contributed by atoms with Crippen LogP contribution in [0.2, 0.25) is 0 Å². The zero-order valence-electron chi connectivity index (χ0n) is 14.8. The Hall–Kier alpha value is -3.14. The molecular formula is C22H20O4. The third-order valence-electron chi connectivity index (χ3n) is 4.45. The minimum absolute atomic E-state index is 0.0518. The molecule has 0 saturated carbocycles. The summed E-state index contributed by atoms with van der Waals surface area (Å²) in [6.45, 7) is 11.3. The van der Waals surface area contributed by atoms with Gasteiger partial charge < -0.3 is 10.2 Å². The van der Waals surface area contributed by atoms with Crippen LogP contribution in [0.1, 0.15) is 56.8 Å². The molecule has 3 rings (SSSR count). The van der Waals surface area contributed by atoms with Gasteiger partial charge in [0.1, 0.15) is 11.5 Å². The molecule has 0 radical (unpaired) electrons. The number of aromatic hydroxyl groups is 2. The number of phenolic OH excluding ortho intramolecular Hbond substituents is 2. The van der Waals surface area contributed by atoms with E-state index in [1.165, 1.54) is 0 Å². The molecule has 2 aromatic carbocycles. The molecule has 2 aromatic rings. The van der Waals surface area contributed by atoms with Crippen LogP contribution >= 0.6 is 0 Å². The maximum absolute atomic E-state index is 13.1. The molecule has 0 saturated heterocycles. The van der Waals surface area contributed by atoms with Crippen LogP contribution in [0.15, 0.2) is 48.6 Å². The Kier molecular flexibility index (Phi) is 4.28. The summed E-state index contributed by atoms with van der Waals surface area (Å²) in [5.41, 5.74) is 2.89. The molecule has 26 heavy (non-hydrogen) atoms. The summed E-state index contributed by atoms with van der Waals surface area (Å²) in [7, 11) is 0. The molecule has 1 aliphatic rings. The highest BCUT2D eigenvalue weighted by Crippen LogP contribution is 2.40. The Morgan fingerprint density at radius 2 is 1.15 bits per heavy atom. The summed E-state index contributed by atoms with van der Waals surface area (Å²) in [5.74, 6) is -1.38. The van der Waals surface area contributed by atoms with E-state index in [-0.39, 0.29) is 39.5 Å². The Labute approximate surface area is 152 Å². The van der Waals surface area contributed by atoms with Crippen LogP contribution in [0.3, 0.4) is 0 Å². The Bertz CT molecular complexity index is 918. The van der Waals surface area contributed by atoms with Crippen LogP contribution in [0.4, 0.5) is 0 Å². The van der Waals surface area contributed by atoms with Gasteiger partial charge in [-0.1, -0.05) is 36.4 Å². The van der Waals surface area contributed by atoms with Crippen LogP contribution < -0.4 is 0 Å². The second-order valence-electron chi connectivity index (χ2n) is 6.92. The molecule has 4 heteroatoms. The first-order valence-corrected chi connectivity index (χ1v) is 8.30. The van der Waals surface area contributed by atoms with E-state index in [9.17, 15) is 19.8 Å². The molecule has 0 aromatic heterocycles. The largest absolute Gasteiger partial charge is 0.507 e. The number of allylic oxidation sites excluding steroid dienone is 2. The van der Waals surface area contributed by atoms with Gasteiger partial charge in [0.05, 0.1) is 11.1 Å². The molecule has 0 heterocycles. The second-order valence-corrected chi connectivity index (χ2v) is 6.92. The fourth-order valence-corrected chi connectivity index (χ4v) is 3.31. The number of hydrogen-bond acceptors (Lipinski definition) is 4. The van der Waals surface area contributed by atoms with Gasteiger partial charge in [0.25, 0.3) is 0 Å². The third-order valence-corrected chi connectivity index (χ3v) is 4.45. The van der Waals surface area contributed by atoms with E-state index < -0.39 is 5.78 Å². The van der Waals surface area contributed by atoms with E-state index >= 15 is 0 Å². The van der Waals surface area contributed by atoms with E-state index in [4.69, 9.17) is 0 Å². The topological polar surface area (TPSA) is 74.6 Å². The number of phenols is 2. The van der Waals surface area contributed by atoms with Crippen molar-refractivity contribution in [1.29, 1.82) is 0 Å². The molecule has 0 bridgehead atoms. The normalized spacial score (nSPS) is 12.5. The third kappa shape index (κ3) is 2.73. The van der Waals surface area contributed by atoms with Crippen molar-refractivity contribution in [2.45, 2.75) is 26.7 Å². The molecular weight excluding hydrogens is 328 g/mol. The summed E-state index contributed by atoms with van der Waals surface area (Å²) < 4.78 is 0. The Morgan fingerprint density at radius 1 is 0.769 bits per heavy atom. The SMILES string of the molecule is C=C(C)Cc1ccc2c(c1O)C(=O)c1c(ccc(CC(=C)C)c1O)C2=O. The highest BCUT2D eigenvalue weighted by atomic mass is 16.3. The van der Waals surface area contributed by atoms with E-state index in [1.807, 2.05) is 13.8 Å². The Morgan fingerprint density at radius 3 is 1.50 bits per heavy atom. The standard InChI is InChI=1S/C22H20O4/c1-11(2)9-13-5-7-15-17(19(13)23)22(26)18-16(21(15)25)8-6-14(20(18)24)10-12(3)4/h5-8,23-24H,1,3,9-10H2,2,4H3. The maximum Gasteiger partial charge on any atom is 0.201 e. The predicted molar refractivity (Wildman–Crippen MR) is 100 cm³/mol. The fraction of sp³-hybridized carbons (Fsp3) is 0.182. The van der Waals surface area contributed by atoms with Crippen LogP contribution in [0, 0.1) is 0 Å². The minimum atomic E-state index is -0.545. The van der Waals surface area contributed by atoms with E-state index in [1.54, 1.807) is 24.3 Å². The lowest BCUT2D eigenvalue weighted by Crippen LogP contribution is -2.22. The molecule has 0 spiro atoms. The lowest BCUT2D eigenvalue weighted by molar-refractivity contribution is 0.0974.